The largest absolute Gasteiger partial charge is 0.326 e. The molecule has 0 aromatic carbocycles. The van der Waals surface area contributed by atoms with E-state index in [1.807, 2.05) is 4.68 Å². The van der Waals surface area contributed by atoms with Crippen LogP contribution in [-0.4, -0.2) is 33.8 Å². The Kier molecular flexibility index (Phi) is 3.30. The maximum atomic E-state index is 5.91. The third-order valence-corrected chi connectivity index (χ3v) is 3.25. The lowest BCUT2D eigenvalue weighted by molar-refractivity contribution is 0.326. The average Bonchev–Trinajstić information content (AvgIpc) is 2.75. The van der Waals surface area contributed by atoms with Crippen molar-refractivity contribution in [2.45, 2.75) is 45.8 Å². The highest BCUT2D eigenvalue weighted by Crippen LogP contribution is 2.16. The van der Waals surface area contributed by atoms with Crippen LogP contribution in [0.2, 0.25) is 0 Å². The molecule has 1 atom stereocenters. The van der Waals surface area contributed by atoms with Crippen molar-refractivity contribution >= 4 is 0 Å². The molecular weight excluding hydrogens is 200 g/mol. The van der Waals surface area contributed by atoms with E-state index >= 15 is 0 Å². The van der Waals surface area contributed by atoms with Crippen LogP contribution < -0.4 is 5.73 Å². The zero-order valence-corrected chi connectivity index (χ0v) is 10.5. The van der Waals surface area contributed by atoms with Crippen molar-refractivity contribution in [1.82, 2.24) is 14.7 Å². The van der Waals surface area contributed by atoms with E-state index in [9.17, 15) is 0 Å². The fourth-order valence-electron chi connectivity index (χ4n) is 2.19. The van der Waals surface area contributed by atoms with Crippen LogP contribution >= 0.6 is 0 Å². The number of likely N-dealkylation sites (tertiary alicyclic amines) is 1. The van der Waals surface area contributed by atoms with Crippen LogP contribution in [0.3, 0.4) is 0 Å². The van der Waals surface area contributed by atoms with Crippen LogP contribution in [0, 0.1) is 6.92 Å². The van der Waals surface area contributed by atoms with Crippen LogP contribution in [0.15, 0.2) is 6.20 Å². The topological polar surface area (TPSA) is 47.1 Å². The predicted molar refractivity (Wildman–Crippen MR) is 65.2 cm³/mol. The van der Waals surface area contributed by atoms with Gasteiger partial charge in [-0.25, -0.2) is 0 Å². The summed E-state index contributed by atoms with van der Waals surface area (Å²) in [6.45, 7) is 9.53. The van der Waals surface area contributed by atoms with Crippen LogP contribution in [0.4, 0.5) is 0 Å². The summed E-state index contributed by atoms with van der Waals surface area (Å²) in [7, 11) is 0. The normalized spacial score (nSPS) is 22.2. The molecule has 0 saturated carbocycles. The van der Waals surface area contributed by atoms with E-state index in [0.29, 0.717) is 12.1 Å². The second-order valence-corrected chi connectivity index (χ2v) is 5.10. The molecule has 0 radical (unpaired) electrons. The summed E-state index contributed by atoms with van der Waals surface area (Å²) in [6, 6.07) is 0.800. The standard InChI is InChI=1S/C12H22N4/c1-9(2)16-7-11(10(3)14-16)6-15-5-4-12(13)8-15/h7,9,12H,4-6,8,13H2,1-3H3/t12-/m1/s1. The Labute approximate surface area is 97.4 Å². The number of hydrogen-bond acceptors (Lipinski definition) is 3. The molecule has 0 amide bonds. The number of rotatable bonds is 3. The number of aryl methyl sites for hydroxylation is 1. The molecule has 2 heterocycles. The predicted octanol–water partition coefficient (Wildman–Crippen LogP) is 1.31. The highest BCUT2D eigenvalue weighted by molar-refractivity contribution is 5.15. The molecule has 2 N–H and O–H groups in total. The van der Waals surface area contributed by atoms with Gasteiger partial charge in [-0.15, -0.1) is 0 Å². The number of aromatic nitrogens is 2. The van der Waals surface area contributed by atoms with E-state index in [-0.39, 0.29) is 0 Å². The molecule has 4 nitrogen and oxygen atoms in total. The van der Waals surface area contributed by atoms with E-state index in [1.165, 1.54) is 5.56 Å². The molecule has 1 fully saturated rings. The van der Waals surface area contributed by atoms with Gasteiger partial charge in [-0.05, 0) is 27.2 Å². The third kappa shape index (κ3) is 2.44. The van der Waals surface area contributed by atoms with E-state index in [4.69, 9.17) is 5.73 Å². The van der Waals surface area contributed by atoms with Gasteiger partial charge in [-0.3, -0.25) is 9.58 Å². The zero-order valence-electron chi connectivity index (χ0n) is 10.5. The van der Waals surface area contributed by atoms with Crippen molar-refractivity contribution in [3.63, 3.8) is 0 Å². The zero-order chi connectivity index (χ0) is 11.7. The Hall–Kier alpha value is -0.870. The van der Waals surface area contributed by atoms with Crippen LogP contribution in [0.1, 0.15) is 37.6 Å². The molecule has 4 heteroatoms. The van der Waals surface area contributed by atoms with Gasteiger partial charge < -0.3 is 5.73 Å². The Morgan fingerprint density at radius 1 is 1.56 bits per heavy atom. The molecule has 1 aromatic heterocycles. The SMILES string of the molecule is Cc1nn(C(C)C)cc1CN1CC[C@@H](N)C1. The first-order valence-electron chi connectivity index (χ1n) is 6.09. The molecule has 2 rings (SSSR count). The van der Waals surface area contributed by atoms with Crippen molar-refractivity contribution in [1.29, 1.82) is 0 Å². The highest BCUT2D eigenvalue weighted by Gasteiger charge is 2.20. The van der Waals surface area contributed by atoms with Gasteiger partial charge in [0.05, 0.1) is 5.69 Å². The molecule has 1 saturated heterocycles. The molecule has 0 bridgehead atoms. The first-order valence-corrected chi connectivity index (χ1v) is 6.09. The van der Waals surface area contributed by atoms with Gasteiger partial charge in [0, 0.05) is 43.5 Å². The quantitative estimate of drug-likeness (QED) is 0.838. The summed E-state index contributed by atoms with van der Waals surface area (Å²) in [5.41, 5.74) is 8.39. The van der Waals surface area contributed by atoms with Crippen LogP contribution in [0.25, 0.3) is 0 Å². The fraction of sp³-hybridized carbons (Fsp3) is 0.750. The van der Waals surface area contributed by atoms with Gasteiger partial charge in [0.25, 0.3) is 0 Å². The number of nitrogens with two attached hydrogens (primary N) is 1. The molecule has 16 heavy (non-hydrogen) atoms. The van der Waals surface area contributed by atoms with Crippen molar-refractivity contribution in [3.05, 3.63) is 17.5 Å². The van der Waals surface area contributed by atoms with E-state index in [2.05, 4.69) is 37.0 Å². The molecule has 90 valence electrons. The van der Waals surface area contributed by atoms with E-state index < -0.39 is 0 Å². The van der Waals surface area contributed by atoms with Gasteiger partial charge >= 0.3 is 0 Å². The van der Waals surface area contributed by atoms with Gasteiger partial charge in [-0.2, -0.15) is 5.10 Å². The lowest BCUT2D eigenvalue weighted by atomic mass is 10.2. The van der Waals surface area contributed by atoms with Gasteiger partial charge in [0.1, 0.15) is 0 Å². The Morgan fingerprint density at radius 3 is 2.81 bits per heavy atom. The summed E-state index contributed by atoms with van der Waals surface area (Å²) < 4.78 is 2.04. The van der Waals surface area contributed by atoms with E-state index in [0.717, 1.165) is 31.7 Å². The summed E-state index contributed by atoms with van der Waals surface area (Å²) in [6.07, 6.45) is 3.29. The molecule has 1 aromatic rings. The summed E-state index contributed by atoms with van der Waals surface area (Å²) >= 11 is 0. The maximum absolute atomic E-state index is 5.91. The van der Waals surface area contributed by atoms with Crippen molar-refractivity contribution in [2.75, 3.05) is 13.1 Å². The second kappa shape index (κ2) is 4.55. The molecular formula is C12H22N4. The highest BCUT2D eigenvalue weighted by atomic mass is 15.3. The Bertz CT molecular complexity index is 356. The lowest BCUT2D eigenvalue weighted by Gasteiger charge is -2.14. The van der Waals surface area contributed by atoms with E-state index in [1.54, 1.807) is 0 Å². The molecule has 1 aliphatic rings. The smallest absolute Gasteiger partial charge is 0.0638 e. The Balaban J connectivity index is 2.04. The third-order valence-electron chi connectivity index (χ3n) is 3.25. The second-order valence-electron chi connectivity index (χ2n) is 5.10. The fourth-order valence-corrected chi connectivity index (χ4v) is 2.19. The minimum absolute atomic E-state index is 0.362. The number of hydrogen-bond donors (Lipinski definition) is 1. The van der Waals surface area contributed by atoms with Crippen molar-refractivity contribution in [3.8, 4) is 0 Å². The summed E-state index contributed by atoms with van der Waals surface area (Å²) in [5, 5.41) is 4.53. The first kappa shape index (κ1) is 11.6. The van der Waals surface area contributed by atoms with Gasteiger partial charge in [0.15, 0.2) is 0 Å². The first-order chi connectivity index (χ1) is 7.56. The van der Waals surface area contributed by atoms with Gasteiger partial charge in [-0.1, -0.05) is 0 Å². The van der Waals surface area contributed by atoms with Crippen LogP contribution in [-0.2, 0) is 6.54 Å². The molecule has 0 spiro atoms. The average molecular weight is 222 g/mol. The van der Waals surface area contributed by atoms with Crippen molar-refractivity contribution < 1.29 is 0 Å². The summed E-state index contributed by atoms with van der Waals surface area (Å²) in [4.78, 5) is 2.42. The van der Waals surface area contributed by atoms with Crippen LogP contribution in [0.5, 0.6) is 0 Å². The summed E-state index contributed by atoms with van der Waals surface area (Å²) in [5.74, 6) is 0. The lowest BCUT2D eigenvalue weighted by Crippen LogP contribution is -2.26. The Morgan fingerprint density at radius 2 is 2.31 bits per heavy atom. The number of nitrogens with zero attached hydrogens (tertiary/aromatic N) is 3. The molecule has 0 aliphatic carbocycles. The van der Waals surface area contributed by atoms with Crippen molar-refractivity contribution in [2.24, 2.45) is 5.73 Å². The van der Waals surface area contributed by atoms with Gasteiger partial charge in [0.2, 0.25) is 0 Å². The molecule has 0 unspecified atom stereocenters. The maximum Gasteiger partial charge on any atom is 0.0638 e. The monoisotopic (exact) mass is 222 g/mol. The minimum atomic E-state index is 0.362. The molecule has 1 aliphatic heterocycles. The minimum Gasteiger partial charge on any atom is -0.326 e.